The smallest absolute Gasteiger partial charge is 0.335 e. The van der Waals surface area contributed by atoms with Crippen LogP contribution < -0.4 is 16.0 Å². The molecule has 0 aromatic carbocycles. The lowest BCUT2D eigenvalue weighted by Crippen LogP contribution is -2.53. The Morgan fingerprint density at radius 1 is 0.826 bits per heavy atom. The van der Waals surface area contributed by atoms with E-state index in [0.717, 1.165) is 26.2 Å². The summed E-state index contributed by atoms with van der Waals surface area (Å²) in [4.78, 5) is 26.3. The van der Waals surface area contributed by atoms with E-state index >= 15 is 0 Å². The zero-order valence-electron chi connectivity index (χ0n) is 14.2. The van der Waals surface area contributed by atoms with E-state index in [1.165, 1.54) is 0 Å². The summed E-state index contributed by atoms with van der Waals surface area (Å²) in [6.07, 6.45) is 0. The number of carbonyl (C=O) groups is 2. The average molecular weight is 330 g/mol. The highest BCUT2D eigenvalue weighted by Gasteiger charge is 2.35. The van der Waals surface area contributed by atoms with Gasteiger partial charge in [-0.3, -0.25) is 4.90 Å². The second-order valence-corrected chi connectivity index (χ2v) is 5.19. The summed E-state index contributed by atoms with van der Waals surface area (Å²) < 4.78 is 10.1. The Morgan fingerprint density at radius 3 is 1.61 bits per heavy atom. The Bertz CT molecular complexity index is 324. The quantitative estimate of drug-likeness (QED) is 0.417. The molecule has 1 fully saturated rings. The van der Waals surface area contributed by atoms with Gasteiger partial charge in [-0.05, 0) is 13.8 Å². The Hall–Kier alpha value is -1.22. The third-order valence-electron chi connectivity index (χ3n) is 3.49. The molecule has 134 valence electrons. The molecular weight excluding hydrogens is 300 g/mol. The van der Waals surface area contributed by atoms with E-state index in [1.54, 1.807) is 13.8 Å². The molecule has 0 aliphatic carbocycles. The van der Waals surface area contributed by atoms with Crippen LogP contribution in [0.1, 0.15) is 13.8 Å². The summed E-state index contributed by atoms with van der Waals surface area (Å²) in [6.45, 7) is 9.94. The van der Waals surface area contributed by atoms with Crippen LogP contribution in [0.5, 0.6) is 0 Å². The van der Waals surface area contributed by atoms with E-state index in [9.17, 15) is 9.59 Å². The van der Waals surface area contributed by atoms with E-state index in [1.807, 2.05) is 4.90 Å². The fraction of sp³-hybridized carbons (Fsp3) is 0.867. The van der Waals surface area contributed by atoms with E-state index in [-0.39, 0.29) is 13.2 Å². The van der Waals surface area contributed by atoms with Crippen LogP contribution in [0.2, 0.25) is 0 Å². The second-order valence-electron chi connectivity index (χ2n) is 5.19. The maximum atomic E-state index is 12.2. The third-order valence-corrected chi connectivity index (χ3v) is 3.49. The van der Waals surface area contributed by atoms with Gasteiger partial charge < -0.3 is 25.4 Å². The topological polar surface area (TPSA) is 91.9 Å². The lowest BCUT2D eigenvalue weighted by molar-refractivity contribution is -0.163. The molecule has 0 bridgehead atoms. The van der Waals surface area contributed by atoms with Crippen LogP contribution in [-0.2, 0) is 19.1 Å². The molecule has 0 radical (unpaired) electrons. The normalized spacial score (nSPS) is 18.7. The van der Waals surface area contributed by atoms with Crippen molar-refractivity contribution in [1.82, 2.24) is 20.9 Å². The van der Waals surface area contributed by atoms with Gasteiger partial charge in [0, 0.05) is 52.4 Å². The molecule has 3 N–H and O–H groups in total. The number of hydrogen-bond acceptors (Lipinski definition) is 8. The van der Waals surface area contributed by atoms with E-state index in [4.69, 9.17) is 9.47 Å². The van der Waals surface area contributed by atoms with Crippen LogP contribution in [0.3, 0.4) is 0 Å². The highest BCUT2D eigenvalue weighted by atomic mass is 16.6. The number of ether oxygens (including phenoxy) is 2. The predicted octanol–water partition coefficient (Wildman–Crippen LogP) is -1.43. The molecule has 1 heterocycles. The maximum absolute atomic E-state index is 12.2. The molecule has 8 nitrogen and oxygen atoms in total. The number of carbonyl (C=O) groups excluding carboxylic acids is 2. The summed E-state index contributed by atoms with van der Waals surface area (Å²) >= 11 is 0. The van der Waals surface area contributed by atoms with Crippen molar-refractivity contribution in [3.8, 4) is 0 Å². The van der Waals surface area contributed by atoms with Gasteiger partial charge in [-0.1, -0.05) is 0 Å². The average Bonchev–Trinajstić information content (AvgIpc) is 2.50. The molecule has 1 aliphatic rings. The molecular formula is C15H30N4O4. The molecule has 23 heavy (non-hydrogen) atoms. The zero-order chi connectivity index (χ0) is 16.9. The monoisotopic (exact) mass is 330 g/mol. The van der Waals surface area contributed by atoms with Gasteiger partial charge in [0.15, 0.2) is 0 Å². The summed E-state index contributed by atoms with van der Waals surface area (Å²) in [5.41, 5.74) is 0. The van der Waals surface area contributed by atoms with Crippen LogP contribution in [0.15, 0.2) is 0 Å². The molecule has 0 aromatic heterocycles. The molecule has 1 aliphatic heterocycles. The van der Waals surface area contributed by atoms with Crippen LogP contribution in [0.4, 0.5) is 0 Å². The van der Waals surface area contributed by atoms with E-state index in [2.05, 4.69) is 16.0 Å². The van der Waals surface area contributed by atoms with Crippen LogP contribution in [0.25, 0.3) is 0 Å². The number of nitrogens with one attached hydrogen (secondary N) is 3. The Morgan fingerprint density at radius 2 is 1.22 bits per heavy atom. The van der Waals surface area contributed by atoms with Gasteiger partial charge in [0.25, 0.3) is 0 Å². The molecule has 0 atom stereocenters. The SMILES string of the molecule is CCOC(=O)C(C(=O)OCC)N1CCNCCNCCNCC1. The van der Waals surface area contributed by atoms with Gasteiger partial charge in [0.05, 0.1) is 13.2 Å². The Balaban J connectivity index is 2.74. The summed E-state index contributed by atoms with van der Waals surface area (Å²) in [6, 6.07) is -1.00. The fourth-order valence-corrected chi connectivity index (χ4v) is 2.38. The van der Waals surface area contributed by atoms with Gasteiger partial charge in [-0.25, -0.2) is 9.59 Å². The van der Waals surface area contributed by atoms with Crippen molar-refractivity contribution < 1.29 is 19.1 Å². The van der Waals surface area contributed by atoms with E-state index < -0.39 is 18.0 Å². The molecule has 0 spiro atoms. The first-order valence-electron chi connectivity index (χ1n) is 8.40. The molecule has 0 aromatic rings. The maximum Gasteiger partial charge on any atom is 0.335 e. The second kappa shape index (κ2) is 12.2. The van der Waals surface area contributed by atoms with Crippen molar-refractivity contribution in [2.24, 2.45) is 0 Å². The van der Waals surface area contributed by atoms with Gasteiger partial charge in [0.1, 0.15) is 0 Å². The molecule has 1 rings (SSSR count). The number of hydrogen-bond donors (Lipinski definition) is 3. The standard InChI is InChI=1S/C15H30N4O4/c1-3-22-14(20)13(15(21)23-4-2)19-11-9-17-7-5-16-6-8-18-10-12-19/h13,16-18H,3-12H2,1-2H3. The molecule has 0 amide bonds. The number of esters is 2. The van der Waals surface area contributed by atoms with Crippen molar-refractivity contribution >= 4 is 11.9 Å². The fourth-order valence-electron chi connectivity index (χ4n) is 2.38. The minimum absolute atomic E-state index is 0.241. The van der Waals surface area contributed by atoms with Crippen LogP contribution in [-0.4, -0.2) is 88.5 Å². The summed E-state index contributed by atoms with van der Waals surface area (Å²) in [7, 11) is 0. The minimum Gasteiger partial charge on any atom is -0.464 e. The first-order valence-corrected chi connectivity index (χ1v) is 8.40. The Labute approximate surface area is 138 Å². The van der Waals surface area contributed by atoms with E-state index in [0.29, 0.717) is 26.2 Å². The van der Waals surface area contributed by atoms with Crippen LogP contribution in [0, 0.1) is 0 Å². The lowest BCUT2D eigenvalue weighted by atomic mass is 10.2. The highest BCUT2D eigenvalue weighted by molar-refractivity contribution is 5.99. The van der Waals surface area contributed by atoms with Crippen LogP contribution >= 0.6 is 0 Å². The van der Waals surface area contributed by atoms with Gasteiger partial charge in [0.2, 0.25) is 6.04 Å². The van der Waals surface area contributed by atoms with Gasteiger partial charge in [-0.2, -0.15) is 0 Å². The largest absolute Gasteiger partial charge is 0.464 e. The van der Waals surface area contributed by atoms with Gasteiger partial charge >= 0.3 is 11.9 Å². The third kappa shape index (κ3) is 7.74. The first kappa shape index (κ1) is 19.8. The highest BCUT2D eigenvalue weighted by Crippen LogP contribution is 2.05. The predicted molar refractivity (Wildman–Crippen MR) is 87.2 cm³/mol. The van der Waals surface area contributed by atoms with Crippen molar-refractivity contribution in [3.63, 3.8) is 0 Å². The molecule has 8 heteroatoms. The summed E-state index contributed by atoms with van der Waals surface area (Å²) in [5.74, 6) is -1.08. The summed E-state index contributed by atoms with van der Waals surface area (Å²) in [5, 5.41) is 9.92. The molecule has 0 saturated carbocycles. The molecule has 1 saturated heterocycles. The first-order chi connectivity index (χ1) is 11.2. The minimum atomic E-state index is -1.00. The number of rotatable bonds is 5. The molecule has 0 unspecified atom stereocenters. The van der Waals surface area contributed by atoms with Crippen molar-refractivity contribution in [2.45, 2.75) is 19.9 Å². The Kier molecular flexibility index (Phi) is 10.5. The number of nitrogens with zero attached hydrogens (tertiary/aromatic N) is 1. The van der Waals surface area contributed by atoms with Crippen molar-refractivity contribution in [3.05, 3.63) is 0 Å². The lowest BCUT2D eigenvalue weighted by Gasteiger charge is -2.29. The zero-order valence-corrected chi connectivity index (χ0v) is 14.2. The van der Waals surface area contributed by atoms with Gasteiger partial charge in [-0.15, -0.1) is 0 Å². The van der Waals surface area contributed by atoms with Crippen molar-refractivity contribution in [1.29, 1.82) is 0 Å². The van der Waals surface area contributed by atoms with Crippen molar-refractivity contribution in [2.75, 3.05) is 65.6 Å².